The maximum absolute atomic E-state index is 11.9. The van der Waals surface area contributed by atoms with Crippen molar-refractivity contribution in [3.8, 4) is 0 Å². The lowest BCUT2D eigenvalue weighted by molar-refractivity contribution is 0.0599. The number of nitrogens with zero attached hydrogens (tertiary/aromatic N) is 3. The summed E-state index contributed by atoms with van der Waals surface area (Å²) in [5.74, 6) is 0.399. The smallest absolute Gasteiger partial charge is 0.338 e. The Labute approximate surface area is 117 Å². The minimum absolute atomic E-state index is 0.294. The van der Waals surface area contributed by atoms with Crippen LogP contribution in [0.1, 0.15) is 21.5 Å². The number of fused-ring (bicyclic) bond motifs is 1. The Morgan fingerprint density at radius 3 is 2.80 bits per heavy atom. The molecule has 1 aliphatic rings. The number of esters is 1. The van der Waals surface area contributed by atoms with Crippen LogP contribution in [0.15, 0.2) is 36.7 Å². The van der Waals surface area contributed by atoms with Crippen LogP contribution in [-0.4, -0.2) is 29.6 Å². The van der Waals surface area contributed by atoms with Gasteiger partial charge in [-0.1, -0.05) is 12.1 Å². The molecule has 5 nitrogen and oxygen atoms in total. The van der Waals surface area contributed by atoms with E-state index < -0.39 is 0 Å². The first-order chi connectivity index (χ1) is 9.79. The summed E-state index contributed by atoms with van der Waals surface area (Å²) in [7, 11) is 1.41. The number of anilines is 1. The minimum Gasteiger partial charge on any atom is -0.465 e. The summed E-state index contributed by atoms with van der Waals surface area (Å²) in [6.45, 7) is 1.48. The van der Waals surface area contributed by atoms with Gasteiger partial charge in [0.2, 0.25) is 5.95 Å². The van der Waals surface area contributed by atoms with E-state index in [1.54, 1.807) is 24.5 Å². The lowest BCUT2D eigenvalue weighted by Gasteiger charge is -2.29. The highest BCUT2D eigenvalue weighted by Gasteiger charge is 2.23. The second-order valence-electron chi connectivity index (χ2n) is 4.66. The molecule has 0 atom stereocenters. The number of benzene rings is 1. The van der Waals surface area contributed by atoms with Gasteiger partial charge in [0.1, 0.15) is 0 Å². The van der Waals surface area contributed by atoms with Crippen LogP contribution in [0.5, 0.6) is 0 Å². The molecule has 0 N–H and O–H groups in total. The molecule has 1 aromatic heterocycles. The molecule has 20 heavy (non-hydrogen) atoms. The average Bonchev–Trinajstić information content (AvgIpc) is 2.54. The molecule has 0 spiro atoms. The van der Waals surface area contributed by atoms with E-state index in [0.717, 1.165) is 18.5 Å². The maximum Gasteiger partial charge on any atom is 0.338 e. The highest BCUT2D eigenvalue weighted by atomic mass is 16.5. The largest absolute Gasteiger partial charge is 0.465 e. The lowest BCUT2D eigenvalue weighted by atomic mass is 9.95. The van der Waals surface area contributed by atoms with Crippen LogP contribution in [0.2, 0.25) is 0 Å². The summed E-state index contributed by atoms with van der Waals surface area (Å²) in [4.78, 5) is 22.5. The van der Waals surface area contributed by atoms with E-state index in [9.17, 15) is 4.79 Å². The van der Waals surface area contributed by atoms with Crippen molar-refractivity contribution in [2.24, 2.45) is 0 Å². The molecule has 1 aromatic carbocycles. The van der Waals surface area contributed by atoms with E-state index in [4.69, 9.17) is 4.74 Å². The van der Waals surface area contributed by atoms with E-state index in [-0.39, 0.29) is 5.97 Å². The molecule has 2 heterocycles. The Morgan fingerprint density at radius 2 is 2.05 bits per heavy atom. The SMILES string of the molecule is COC(=O)c1cccc2c1CN(c1ncccn1)CC2. The Hall–Kier alpha value is -2.43. The number of hydrogen-bond donors (Lipinski definition) is 0. The summed E-state index contributed by atoms with van der Waals surface area (Å²) in [5.41, 5.74) is 2.84. The molecule has 0 saturated carbocycles. The third-order valence-corrected chi connectivity index (χ3v) is 3.51. The molecule has 0 radical (unpaired) electrons. The quantitative estimate of drug-likeness (QED) is 0.778. The van der Waals surface area contributed by atoms with Gasteiger partial charge in [0.25, 0.3) is 0 Å². The molecule has 3 rings (SSSR count). The third kappa shape index (κ3) is 2.22. The van der Waals surface area contributed by atoms with Crippen LogP contribution >= 0.6 is 0 Å². The zero-order chi connectivity index (χ0) is 13.9. The normalized spacial score (nSPS) is 13.8. The maximum atomic E-state index is 11.9. The number of ether oxygens (including phenoxy) is 1. The molecule has 5 heteroatoms. The molecule has 0 fully saturated rings. The topological polar surface area (TPSA) is 55.3 Å². The van der Waals surface area contributed by atoms with Crippen molar-refractivity contribution in [3.05, 3.63) is 53.3 Å². The molecule has 0 aliphatic carbocycles. The predicted octanol–water partition coefficient (Wildman–Crippen LogP) is 1.83. The van der Waals surface area contributed by atoms with Gasteiger partial charge in [-0.25, -0.2) is 14.8 Å². The van der Waals surface area contributed by atoms with E-state index in [1.165, 1.54) is 12.7 Å². The molecule has 2 aromatic rings. The van der Waals surface area contributed by atoms with Crippen LogP contribution in [0.4, 0.5) is 5.95 Å². The Bertz CT molecular complexity index is 628. The minimum atomic E-state index is -0.294. The first kappa shape index (κ1) is 12.6. The summed E-state index contributed by atoms with van der Waals surface area (Å²) in [6, 6.07) is 7.56. The molecular weight excluding hydrogens is 254 g/mol. The fraction of sp³-hybridized carbons (Fsp3) is 0.267. The summed E-state index contributed by atoms with van der Waals surface area (Å²) >= 11 is 0. The third-order valence-electron chi connectivity index (χ3n) is 3.51. The van der Waals surface area contributed by atoms with Gasteiger partial charge < -0.3 is 9.64 Å². The van der Waals surface area contributed by atoms with E-state index in [1.807, 2.05) is 6.07 Å². The van der Waals surface area contributed by atoms with E-state index >= 15 is 0 Å². The monoisotopic (exact) mass is 269 g/mol. The van der Waals surface area contributed by atoms with Crippen molar-refractivity contribution in [1.29, 1.82) is 0 Å². The van der Waals surface area contributed by atoms with Crippen LogP contribution in [-0.2, 0) is 17.7 Å². The van der Waals surface area contributed by atoms with Gasteiger partial charge in [-0.2, -0.15) is 0 Å². The van der Waals surface area contributed by atoms with Gasteiger partial charge in [-0.05, 0) is 29.7 Å². The molecule has 0 amide bonds. The molecular formula is C15H15N3O2. The summed E-state index contributed by atoms with van der Waals surface area (Å²) in [6.07, 6.45) is 4.33. The van der Waals surface area contributed by atoms with Crippen molar-refractivity contribution in [3.63, 3.8) is 0 Å². The van der Waals surface area contributed by atoms with Gasteiger partial charge in [0.05, 0.1) is 12.7 Å². The average molecular weight is 269 g/mol. The molecule has 102 valence electrons. The fourth-order valence-corrected chi connectivity index (χ4v) is 2.51. The van der Waals surface area contributed by atoms with Crippen LogP contribution in [0.25, 0.3) is 0 Å². The molecule has 0 saturated heterocycles. The number of carbonyl (C=O) groups is 1. The Kier molecular flexibility index (Phi) is 3.33. The lowest BCUT2D eigenvalue weighted by Crippen LogP contribution is -2.33. The van der Waals surface area contributed by atoms with Crippen molar-refractivity contribution in [2.75, 3.05) is 18.6 Å². The van der Waals surface area contributed by atoms with Gasteiger partial charge >= 0.3 is 5.97 Å². The summed E-state index contributed by atoms with van der Waals surface area (Å²) in [5, 5.41) is 0. The van der Waals surface area contributed by atoms with Gasteiger partial charge in [-0.15, -0.1) is 0 Å². The predicted molar refractivity (Wildman–Crippen MR) is 74.6 cm³/mol. The van der Waals surface area contributed by atoms with Crippen molar-refractivity contribution >= 4 is 11.9 Å². The van der Waals surface area contributed by atoms with Crippen LogP contribution in [0.3, 0.4) is 0 Å². The van der Waals surface area contributed by atoms with Gasteiger partial charge in [0, 0.05) is 25.5 Å². The van der Waals surface area contributed by atoms with Crippen molar-refractivity contribution < 1.29 is 9.53 Å². The van der Waals surface area contributed by atoms with Crippen LogP contribution < -0.4 is 4.90 Å². The number of rotatable bonds is 2. The first-order valence-corrected chi connectivity index (χ1v) is 6.50. The summed E-state index contributed by atoms with van der Waals surface area (Å²) < 4.78 is 4.85. The second kappa shape index (κ2) is 5.28. The zero-order valence-electron chi connectivity index (χ0n) is 11.2. The zero-order valence-corrected chi connectivity index (χ0v) is 11.2. The van der Waals surface area contributed by atoms with E-state index in [0.29, 0.717) is 18.1 Å². The first-order valence-electron chi connectivity index (χ1n) is 6.50. The second-order valence-corrected chi connectivity index (χ2v) is 4.66. The highest BCUT2D eigenvalue weighted by Crippen LogP contribution is 2.25. The van der Waals surface area contributed by atoms with Gasteiger partial charge in [0.15, 0.2) is 0 Å². The standard InChI is InChI=1S/C15H15N3O2/c1-20-14(19)12-5-2-4-11-6-9-18(10-13(11)12)15-16-7-3-8-17-15/h2-5,7-8H,6,9-10H2,1H3. The van der Waals surface area contributed by atoms with Crippen molar-refractivity contribution in [1.82, 2.24) is 9.97 Å². The van der Waals surface area contributed by atoms with E-state index in [2.05, 4.69) is 20.9 Å². The number of methoxy groups -OCH3 is 1. The Balaban J connectivity index is 1.96. The number of aromatic nitrogens is 2. The molecule has 1 aliphatic heterocycles. The number of carbonyl (C=O) groups excluding carboxylic acids is 1. The van der Waals surface area contributed by atoms with Crippen molar-refractivity contribution in [2.45, 2.75) is 13.0 Å². The van der Waals surface area contributed by atoms with Gasteiger partial charge in [-0.3, -0.25) is 0 Å². The van der Waals surface area contributed by atoms with Crippen LogP contribution in [0, 0.1) is 0 Å². The molecule has 0 unspecified atom stereocenters. The Morgan fingerprint density at radius 1 is 1.25 bits per heavy atom. The number of hydrogen-bond acceptors (Lipinski definition) is 5. The molecule has 0 bridgehead atoms. The highest BCUT2D eigenvalue weighted by molar-refractivity contribution is 5.91. The fourth-order valence-electron chi connectivity index (χ4n) is 2.51.